The Bertz CT molecular complexity index is 499. The highest BCUT2D eigenvalue weighted by molar-refractivity contribution is 5.95. The van der Waals surface area contributed by atoms with Gasteiger partial charge in [0.05, 0.1) is 13.3 Å². The van der Waals surface area contributed by atoms with Gasteiger partial charge in [0, 0.05) is 5.56 Å². The number of benzene rings is 1. The molecule has 82 valence electrons. The van der Waals surface area contributed by atoms with Crippen molar-refractivity contribution in [3.63, 3.8) is 0 Å². The third kappa shape index (κ3) is 1.82. The Morgan fingerprint density at radius 3 is 2.62 bits per heavy atom. The van der Waals surface area contributed by atoms with Crippen LogP contribution in [0.5, 0.6) is 0 Å². The van der Waals surface area contributed by atoms with Crippen molar-refractivity contribution in [3.05, 3.63) is 41.6 Å². The van der Waals surface area contributed by atoms with Gasteiger partial charge in [-0.25, -0.2) is 4.79 Å². The molecule has 0 atom stereocenters. The van der Waals surface area contributed by atoms with Gasteiger partial charge in [0.2, 0.25) is 0 Å². The van der Waals surface area contributed by atoms with Crippen molar-refractivity contribution in [2.24, 2.45) is 0 Å². The number of aromatic nitrogens is 1. The van der Waals surface area contributed by atoms with Crippen LogP contribution in [-0.2, 0) is 4.74 Å². The molecule has 0 bridgehead atoms. The van der Waals surface area contributed by atoms with Gasteiger partial charge in [0.15, 0.2) is 5.76 Å². The fourth-order valence-electron chi connectivity index (χ4n) is 1.41. The van der Waals surface area contributed by atoms with E-state index >= 15 is 0 Å². The lowest BCUT2D eigenvalue weighted by atomic mass is 10.1. The van der Waals surface area contributed by atoms with Crippen molar-refractivity contribution in [2.75, 3.05) is 7.11 Å². The molecule has 0 aliphatic carbocycles. The standard InChI is InChI=1S/C12H11NO3/c1-8-3-5-9(6-4-8)11-10(7-13-16-11)12(14)15-2/h3-7H,1-2H3. The number of ether oxygens (including phenoxy) is 1. The zero-order valence-corrected chi connectivity index (χ0v) is 9.06. The number of nitrogens with zero attached hydrogens (tertiary/aromatic N) is 1. The monoisotopic (exact) mass is 217 g/mol. The van der Waals surface area contributed by atoms with E-state index in [0.717, 1.165) is 11.1 Å². The largest absolute Gasteiger partial charge is 0.465 e. The molecule has 0 saturated heterocycles. The maximum absolute atomic E-state index is 11.4. The lowest BCUT2D eigenvalue weighted by molar-refractivity contribution is 0.0601. The second-order valence-electron chi connectivity index (χ2n) is 3.43. The Hall–Kier alpha value is -2.10. The average Bonchev–Trinajstić information content (AvgIpc) is 2.78. The Balaban J connectivity index is 2.44. The molecule has 0 fully saturated rings. The van der Waals surface area contributed by atoms with Gasteiger partial charge in [-0.15, -0.1) is 0 Å². The average molecular weight is 217 g/mol. The number of carbonyl (C=O) groups is 1. The summed E-state index contributed by atoms with van der Waals surface area (Å²) in [6.45, 7) is 1.99. The summed E-state index contributed by atoms with van der Waals surface area (Å²) < 4.78 is 9.70. The number of aryl methyl sites for hydroxylation is 1. The van der Waals surface area contributed by atoms with E-state index in [4.69, 9.17) is 4.52 Å². The number of esters is 1. The molecule has 1 aromatic heterocycles. The molecule has 0 N–H and O–H groups in total. The molecule has 16 heavy (non-hydrogen) atoms. The maximum Gasteiger partial charge on any atom is 0.343 e. The summed E-state index contributed by atoms with van der Waals surface area (Å²) in [4.78, 5) is 11.4. The molecule has 0 radical (unpaired) electrons. The van der Waals surface area contributed by atoms with Crippen LogP contribution >= 0.6 is 0 Å². The van der Waals surface area contributed by atoms with Crippen LogP contribution in [0.1, 0.15) is 15.9 Å². The molecule has 0 aliphatic rings. The van der Waals surface area contributed by atoms with Crippen molar-refractivity contribution in [1.29, 1.82) is 0 Å². The Morgan fingerprint density at radius 2 is 2.00 bits per heavy atom. The fourth-order valence-corrected chi connectivity index (χ4v) is 1.41. The van der Waals surface area contributed by atoms with Crippen LogP contribution in [0.2, 0.25) is 0 Å². The molecular formula is C12H11NO3. The minimum atomic E-state index is -0.447. The molecule has 2 aromatic rings. The molecule has 0 spiro atoms. The first-order valence-corrected chi connectivity index (χ1v) is 4.82. The summed E-state index contributed by atoms with van der Waals surface area (Å²) in [6.07, 6.45) is 1.36. The molecule has 1 aromatic carbocycles. The third-order valence-corrected chi connectivity index (χ3v) is 2.29. The number of hydrogen-bond acceptors (Lipinski definition) is 4. The molecule has 0 amide bonds. The summed E-state index contributed by atoms with van der Waals surface area (Å²) in [5, 5.41) is 3.61. The second-order valence-corrected chi connectivity index (χ2v) is 3.43. The first kappa shape index (κ1) is 10.4. The smallest absolute Gasteiger partial charge is 0.343 e. The molecule has 0 aliphatic heterocycles. The van der Waals surface area contributed by atoms with Gasteiger partial charge < -0.3 is 9.26 Å². The Morgan fingerprint density at radius 1 is 1.31 bits per heavy atom. The maximum atomic E-state index is 11.4. The summed E-state index contributed by atoms with van der Waals surface area (Å²) in [7, 11) is 1.33. The van der Waals surface area contributed by atoms with Gasteiger partial charge in [0.1, 0.15) is 5.56 Å². The predicted molar refractivity (Wildman–Crippen MR) is 58.0 cm³/mol. The van der Waals surface area contributed by atoms with Gasteiger partial charge >= 0.3 is 5.97 Å². The van der Waals surface area contributed by atoms with Crippen molar-refractivity contribution in [1.82, 2.24) is 5.16 Å². The van der Waals surface area contributed by atoms with Crippen LogP contribution in [0.3, 0.4) is 0 Å². The number of carbonyl (C=O) groups excluding carboxylic acids is 1. The summed E-state index contributed by atoms with van der Waals surface area (Å²) >= 11 is 0. The molecule has 0 saturated carbocycles. The topological polar surface area (TPSA) is 52.3 Å². The van der Waals surface area contributed by atoms with E-state index in [0.29, 0.717) is 11.3 Å². The highest BCUT2D eigenvalue weighted by Gasteiger charge is 2.17. The van der Waals surface area contributed by atoms with E-state index in [1.54, 1.807) is 0 Å². The normalized spacial score (nSPS) is 10.1. The van der Waals surface area contributed by atoms with Gasteiger partial charge in [-0.1, -0.05) is 35.0 Å². The lowest BCUT2D eigenvalue weighted by Crippen LogP contribution is -2.00. The van der Waals surface area contributed by atoms with E-state index in [1.807, 2.05) is 31.2 Å². The molecule has 0 unspecified atom stereocenters. The molecule has 2 rings (SSSR count). The van der Waals surface area contributed by atoms with Crippen LogP contribution in [-0.4, -0.2) is 18.2 Å². The summed E-state index contributed by atoms with van der Waals surface area (Å²) in [6, 6.07) is 7.64. The second kappa shape index (κ2) is 4.18. The van der Waals surface area contributed by atoms with Crippen LogP contribution in [0, 0.1) is 6.92 Å². The Labute approximate surface area is 92.8 Å². The van der Waals surface area contributed by atoms with Gasteiger partial charge in [-0.05, 0) is 6.92 Å². The van der Waals surface area contributed by atoms with Crippen molar-refractivity contribution >= 4 is 5.97 Å². The molecule has 1 heterocycles. The van der Waals surface area contributed by atoms with Crippen LogP contribution in [0.4, 0.5) is 0 Å². The third-order valence-electron chi connectivity index (χ3n) is 2.29. The zero-order valence-electron chi connectivity index (χ0n) is 9.06. The van der Waals surface area contributed by atoms with Gasteiger partial charge in [-0.3, -0.25) is 0 Å². The SMILES string of the molecule is COC(=O)c1cnoc1-c1ccc(C)cc1. The fraction of sp³-hybridized carbons (Fsp3) is 0.167. The first-order valence-electron chi connectivity index (χ1n) is 4.82. The van der Waals surface area contributed by atoms with Gasteiger partial charge in [0.25, 0.3) is 0 Å². The molecular weight excluding hydrogens is 206 g/mol. The van der Waals surface area contributed by atoms with Crippen LogP contribution < -0.4 is 0 Å². The minimum Gasteiger partial charge on any atom is -0.465 e. The first-order chi connectivity index (χ1) is 7.72. The number of rotatable bonds is 2. The predicted octanol–water partition coefficient (Wildman–Crippen LogP) is 2.44. The van der Waals surface area contributed by atoms with Crippen molar-refractivity contribution in [2.45, 2.75) is 6.92 Å². The van der Waals surface area contributed by atoms with Crippen molar-refractivity contribution in [3.8, 4) is 11.3 Å². The zero-order chi connectivity index (χ0) is 11.5. The van der Waals surface area contributed by atoms with Crippen molar-refractivity contribution < 1.29 is 14.1 Å². The van der Waals surface area contributed by atoms with Crippen LogP contribution in [0.25, 0.3) is 11.3 Å². The Kier molecular flexibility index (Phi) is 2.72. The van der Waals surface area contributed by atoms with E-state index in [9.17, 15) is 4.79 Å². The summed E-state index contributed by atoms with van der Waals surface area (Å²) in [5.41, 5.74) is 2.29. The number of methoxy groups -OCH3 is 1. The van der Waals surface area contributed by atoms with Crippen LogP contribution in [0.15, 0.2) is 35.0 Å². The lowest BCUT2D eigenvalue weighted by Gasteiger charge is -2.00. The van der Waals surface area contributed by atoms with E-state index in [2.05, 4.69) is 9.89 Å². The van der Waals surface area contributed by atoms with Gasteiger partial charge in [-0.2, -0.15) is 0 Å². The van der Waals surface area contributed by atoms with E-state index in [-0.39, 0.29) is 0 Å². The quantitative estimate of drug-likeness (QED) is 0.725. The molecule has 4 heteroatoms. The minimum absolute atomic E-state index is 0.339. The number of hydrogen-bond donors (Lipinski definition) is 0. The van der Waals surface area contributed by atoms with E-state index < -0.39 is 5.97 Å². The van der Waals surface area contributed by atoms with E-state index in [1.165, 1.54) is 13.3 Å². The highest BCUT2D eigenvalue weighted by Crippen LogP contribution is 2.24. The molecule has 4 nitrogen and oxygen atoms in total. The summed E-state index contributed by atoms with van der Waals surface area (Å²) in [5.74, 6) is -0.0105. The highest BCUT2D eigenvalue weighted by atomic mass is 16.5.